The third kappa shape index (κ3) is 6.45. The first-order valence-corrected chi connectivity index (χ1v) is 11.2. The van der Waals surface area contributed by atoms with Gasteiger partial charge in [0.1, 0.15) is 0 Å². The zero-order chi connectivity index (χ0) is 21.5. The highest BCUT2D eigenvalue weighted by atomic mass is 16.7. The van der Waals surface area contributed by atoms with Crippen molar-refractivity contribution in [2.75, 3.05) is 0 Å². The van der Waals surface area contributed by atoms with Crippen LogP contribution in [0.15, 0.2) is 48.5 Å². The van der Waals surface area contributed by atoms with E-state index >= 15 is 0 Å². The van der Waals surface area contributed by atoms with Crippen LogP contribution in [0.3, 0.4) is 0 Å². The van der Waals surface area contributed by atoms with Crippen LogP contribution < -0.4 is 5.46 Å². The molecule has 0 saturated carbocycles. The number of hydrogen-bond acceptors (Lipinski definition) is 2. The molecule has 0 N–H and O–H groups in total. The van der Waals surface area contributed by atoms with Crippen molar-refractivity contribution in [3.63, 3.8) is 0 Å². The van der Waals surface area contributed by atoms with Crippen molar-refractivity contribution >= 4 is 12.6 Å². The summed E-state index contributed by atoms with van der Waals surface area (Å²) in [6.45, 7) is 15.0. The SMILES string of the molecule is CCCCCc1ccc(B2OC(C)(C)C(C)(C)O2)cc1C.CCc1ccccc1. The molecule has 1 aliphatic heterocycles. The van der Waals surface area contributed by atoms with Crippen LogP contribution in [0.25, 0.3) is 0 Å². The highest BCUT2D eigenvalue weighted by molar-refractivity contribution is 6.62. The Kier molecular flexibility index (Phi) is 8.54. The van der Waals surface area contributed by atoms with E-state index in [0.717, 1.165) is 11.9 Å². The van der Waals surface area contributed by atoms with Crippen molar-refractivity contribution in [3.05, 3.63) is 65.2 Å². The van der Waals surface area contributed by atoms with Gasteiger partial charge in [-0.2, -0.15) is 0 Å². The third-order valence-corrected chi connectivity index (χ3v) is 6.19. The van der Waals surface area contributed by atoms with Crippen molar-refractivity contribution < 1.29 is 9.31 Å². The molecule has 0 radical (unpaired) electrons. The van der Waals surface area contributed by atoms with Crippen LogP contribution in [0.2, 0.25) is 0 Å². The van der Waals surface area contributed by atoms with Crippen molar-refractivity contribution in [1.29, 1.82) is 0 Å². The van der Waals surface area contributed by atoms with E-state index in [9.17, 15) is 0 Å². The van der Waals surface area contributed by atoms with E-state index in [2.05, 4.69) is 90.9 Å². The Bertz CT molecular complexity index is 737. The van der Waals surface area contributed by atoms with Gasteiger partial charge in [0.2, 0.25) is 0 Å². The van der Waals surface area contributed by atoms with Crippen LogP contribution in [-0.2, 0) is 22.2 Å². The number of aryl methyl sites for hydroxylation is 3. The second-order valence-corrected chi connectivity index (χ2v) is 9.07. The molecule has 0 spiro atoms. The van der Waals surface area contributed by atoms with E-state index in [4.69, 9.17) is 9.31 Å². The highest BCUT2D eigenvalue weighted by Crippen LogP contribution is 2.36. The minimum Gasteiger partial charge on any atom is -0.399 e. The third-order valence-electron chi connectivity index (χ3n) is 6.19. The van der Waals surface area contributed by atoms with Gasteiger partial charge in [-0.3, -0.25) is 0 Å². The summed E-state index contributed by atoms with van der Waals surface area (Å²) in [5.41, 5.74) is 4.79. The fourth-order valence-corrected chi connectivity index (χ4v) is 3.40. The molecule has 1 heterocycles. The maximum Gasteiger partial charge on any atom is 0.494 e. The molecule has 3 heteroatoms. The number of rotatable bonds is 6. The van der Waals surface area contributed by atoms with Crippen LogP contribution in [0.5, 0.6) is 0 Å². The van der Waals surface area contributed by atoms with Gasteiger partial charge in [-0.1, -0.05) is 75.2 Å². The van der Waals surface area contributed by atoms with E-state index in [1.807, 2.05) is 6.07 Å². The molecule has 1 aliphatic rings. The smallest absolute Gasteiger partial charge is 0.399 e. The lowest BCUT2D eigenvalue weighted by molar-refractivity contribution is 0.00578. The molecule has 0 bridgehead atoms. The lowest BCUT2D eigenvalue weighted by atomic mass is 9.77. The Labute approximate surface area is 179 Å². The first-order chi connectivity index (χ1) is 13.7. The molecule has 3 rings (SSSR count). The van der Waals surface area contributed by atoms with Crippen LogP contribution in [-0.4, -0.2) is 18.3 Å². The lowest BCUT2D eigenvalue weighted by Crippen LogP contribution is -2.41. The zero-order valence-electron chi connectivity index (χ0n) is 19.5. The quantitative estimate of drug-likeness (QED) is 0.424. The van der Waals surface area contributed by atoms with Gasteiger partial charge in [0.05, 0.1) is 11.2 Å². The summed E-state index contributed by atoms with van der Waals surface area (Å²) < 4.78 is 12.2. The van der Waals surface area contributed by atoms with Crippen LogP contribution in [0.4, 0.5) is 0 Å². The molecule has 29 heavy (non-hydrogen) atoms. The maximum absolute atomic E-state index is 6.12. The highest BCUT2D eigenvalue weighted by Gasteiger charge is 2.51. The first kappa shape index (κ1) is 23.7. The topological polar surface area (TPSA) is 18.5 Å². The summed E-state index contributed by atoms with van der Waals surface area (Å²) >= 11 is 0. The summed E-state index contributed by atoms with van der Waals surface area (Å²) in [6, 6.07) is 17.1. The van der Waals surface area contributed by atoms with Crippen molar-refractivity contribution in [1.82, 2.24) is 0 Å². The van der Waals surface area contributed by atoms with Gasteiger partial charge in [0, 0.05) is 0 Å². The first-order valence-electron chi connectivity index (χ1n) is 11.2. The molecule has 1 saturated heterocycles. The molecule has 0 aliphatic carbocycles. The number of unbranched alkanes of at least 4 members (excludes halogenated alkanes) is 2. The molecule has 2 aromatic rings. The largest absolute Gasteiger partial charge is 0.494 e. The summed E-state index contributed by atoms with van der Waals surface area (Å²) in [5, 5.41) is 0. The summed E-state index contributed by atoms with van der Waals surface area (Å²) in [5.74, 6) is 0. The van der Waals surface area contributed by atoms with Crippen LogP contribution in [0.1, 0.15) is 77.5 Å². The van der Waals surface area contributed by atoms with E-state index in [-0.39, 0.29) is 18.3 Å². The fraction of sp³-hybridized carbons (Fsp3) is 0.538. The molecule has 158 valence electrons. The normalized spacial score (nSPS) is 17.0. The Morgan fingerprint density at radius 2 is 1.45 bits per heavy atom. The van der Waals surface area contributed by atoms with Gasteiger partial charge in [0.25, 0.3) is 0 Å². The maximum atomic E-state index is 6.12. The van der Waals surface area contributed by atoms with Gasteiger partial charge >= 0.3 is 7.12 Å². The molecular weight excluding hydrogens is 355 g/mol. The van der Waals surface area contributed by atoms with E-state index in [1.54, 1.807) is 0 Å². The van der Waals surface area contributed by atoms with Gasteiger partial charge < -0.3 is 9.31 Å². The zero-order valence-corrected chi connectivity index (χ0v) is 19.5. The molecule has 1 fully saturated rings. The van der Waals surface area contributed by atoms with E-state index in [0.29, 0.717) is 0 Å². The molecule has 2 aromatic carbocycles. The average molecular weight is 394 g/mol. The monoisotopic (exact) mass is 394 g/mol. The standard InChI is InChI=1S/C18H29BO2.C8H10/c1-7-8-9-10-15-11-12-16(13-14(15)2)19-20-17(3,4)18(5,6)21-19;1-2-8-6-4-3-5-7-8/h11-13H,7-10H2,1-6H3;3-7H,2H2,1H3. The lowest BCUT2D eigenvalue weighted by Gasteiger charge is -2.32. The minimum atomic E-state index is -0.272. The summed E-state index contributed by atoms with van der Waals surface area (Å²) in [4.78, 5) is 0. The minimum absolute atomic E-state index is 0.251. The Morgan fingerprint density at radius 3 is 1.93 bits per heavy atom. The predicted molar refractivity (Wildman–Crippen MR) is 126 cm³/mol. The molecule has 0 atom stereocenters. The van der Waals surface area contributed by atoms with E-state index < -0.39 is 0 Å². The average Bonchev–Trinajstić information content (AvgIpc) is 2.91. The second-order valence-electron chi connectivity index (χ2n) is 9.07. The Hall–Kier alpha value is -1.58. The molecule has 0 amide bonds. The Morgan fingerprint density at radius 1 is 0.828 bits per heavy atom. The van der Waals surface area contributed by atoms with Crippen molar-refractivity contribution in [3.8, 4) is 0 Å². The molecule has 2 nitrogen and oxygen atoms in total. The van der Waals surface area contributed by atoms with Gasteiger partial charge in [0.15, 0.2) is 0 Å². The predicted octanol–water partition coefficient (Wildman–Crippen LogP) is 6.28. The fourth-order valence-electron chi connectivity index (χ4n) is 3.40. The van der Waals surface area contributed by atoms with Crippen molar-refractivity contribution in [2.45, 2.75) is 91.8 Å². The summed E-state index contributed by atoms with van der Waals surface area (Å²) in [6.07, 6.45) is 6.15. The molecule has 0 aromatic heterocycles. The second kappa shape index (κ2) is 10.5. The van der Waals surface area contributed by atoms with Gasteiger partial charge in [-0.25, -0.2) is 0 Å². The van der Waals surface area contributed by atoms with Crippen LogP contribution >= 0.6 is 0 Å². The van der Waals surface area contributed by atoms with Gasteiger partial charge in [-0.05, 0) is 76.0 Å². The van der Waals surface area contributed by atoms with Crippen molar-refractivity contribution in [2.24, 2.45) is 0 Å². The molecular formula is C26H39BO2. The summed E-state index contributed by atoms with van der Waals surface area (Å²) in [7, 11) is -0.251. The van der Waals surface area contributed by atoms with Gasteiger partial charge in [-0.15, -0.1) is 0 Å². The number of hydrogen-bond donors (Lipinski definition) is 0. The van der Waals surface area contributed by atoms with E-state index in [1.165, 1.54) is 42.4 Å². The Balaban J connectivity index is 0.000000313. The number of benzene rings is 2. The van der Waals surface area contributed by atoms with Crippen LogP contribution in [0, 0.1) is 6.92 Å². The molecule has 0 unspecified atom stereocenters.